The summed E-state index contributed by atoms with van der Waals surface area (Å²) in [6, 6.07) is 1.47. The molecule has 16 heavy (non-hydrogen) atoms. The van der Waals surface area contributed by atoms with Gasteiger partial charge in [-0.05, 0) is 6.07 Å². The second kappa shape index (κ2) is 4.15. The summed E-state index contributed by atoms with van der Waals surface area (Å²) >= 11 is 0. The highest BCUT2D eigenvalue weighted by Gasteiger charge is 2.35. The van der Waals surface area contributed by atoms with Gasteiger partial charge in [0.1, 0.15) is 0 Å². The number of aromatic nitrogens is 2. The molecule has 0 radical (unpaired) electrons. The molecule has 0 spiro atoms. The number of hydrogen-bond donors (Lipinski definition) is 2. The number of rotatable bonds is 3. The highest BCUT2D eigenvalue weighted by atomic mass is 32.2. The van der Waals surface area contributed by atoms with Crippen molar-refractivity contribution in [2.24, 2.45) is 7.05 Å². The molecule has 1 aliphatic rings. The summed E-state index contributed by atoms with van der Waals surface area (Å²) in [5.74, 6) is -0.137. The first-order chi connectivity index (χ1) is 7.48. The summed E-state index contributed by atoms with van der Waals surface area (Å²) in [7, 11) is -1.26. The molecule has 1 aromatic heterocycles. The number of hydrogen-bond acceptors (Lipinski definition) is 5. The average Bonchev–Trinajstić information content (AvgIpc) is 2.67. The first kappa shape index (κ1) is 11.6. The van der Waals surface area contributed by atoms with Crippen molar-refractivity contribution in [1.29, 1.82) is 0 Å². The minimum absolute atomic E-state index is 0.00597. The number of nitrogens with one attached hydrogen (secondary N) is 1. The predicted octanol–water partition coefficient (Wildman–Crippen LogP) is -1.33. The Hall–Kier alpha value is -0.920. The molecule has 2 N–H and O–H groups in total. The SMILES string of the molecule is Cn1nccc1CNC1CS(=O)(=O)CC1O. The van der Waals surface area contributed by atoms with Crippen molar-refractivity contribution in [2.75, 3.05) is 11.5 Å². The van der Waals surface area contributed by atoms with Crippen molar-refractivity contribution in [3.8, 4) is 0 Å². The molecular weight excluding hydrogens is 230 g/mol. The average molecular weight is 245 g/mol. The Labute approximate surface area is 94.2 Å². The third-order valence-electron chi connectivity index (χ3n) is 2.79. The summed E-state index contributed by atoms with van der Waals surface area (Å²) in [5, 5.41) is 16.6. The van der Waals surface area contributed by atoms with E-state index in [0.717, 1.165) is 5.69 Å². The lowest BCUT2D eigenvalue weighted by atomic mass is 10.2. The van der Waals surface area contributed by atoms with Crippen LogP contribution in [0.15, 0.2) is 12.3 Å². The van der Waals surface area contributed by atoms with Gasteiger partial charge in [0.05, 0.1) is 23.3 Å². The summed E-state index contributed by atoms with van der Waals surface area (Å²) in [5.41, 5.74) is 0.955. The molecule has 1 aliphatic heterocycles. The van der Waals surface area contributed by atoms with Crippen molar-refractivity contribution in [3.63, 3.8) is 0 Å². The maximum atomic E-state index is 11.3. The molecule has 0 amide bonds. The van der Waals surface area contributed by atoms with E-state index in [0.29, 0.717) is 6.54 Å². The minimum atomic E-state index is -3.08. The molecule has 0 aromatic carbocycles. The highest BCUT2D eigenvalue weighted by Crippen LogP contribution is 2.13. The van der Waals surface area contributed by atoms with E-state index in [1.807, 2.05) is 13.1 Å². The van der Waals surface area contributed by atoms with Crippen LogP contribution in [-0.2, 0) is 23.4 Å². The normalized spacial score (nSPS) is 28.4. The minimum Gasteiger partial charge on any atom is -0.390 e. The zero-order chi connectivity index (χ0) is 11.8. The van der Waals surface area contributed by atoms with E-state index in [4.69, 9.17) is 0 Å². The van der Waals surface area contributed by atoms with Gasteiger partial charge in [0.2, 0.25) is 0 Å². The molecule has 6 nitrogen and oxygen atoms in total. The van der Waals surface area contributed by atoms with Gasteiger partial charge in [0, 0.05) is 25.8 Å². The fourth-order valence-corrected chi connectivity index (χ4v) is 3.61. The van der Waals surface area contributed by atoms with Crippen LogP contribution in [-0.4, -0.2) is 47.0 Å². The molecule has 0 aliphatic carbocycles. The summed E-state index contributed by atoms with van der Waals surface area (Å²) in [6.07, 6.45) is 0.872. The van der Waals surface area contributed by atoms with Crippen LogP contribution >= 0.6 is 0 Å². The molecular formula is C9H15N3O3S. The van der Waals surface area contributed by atoms with Gasteiger partial charge in [-0.25, -0.2) is 8.42 Å². The van der Waals surface area contributed by atoms with Gasteiger partial charge in [-0.1, -0.05) is 0 Å². The molecule has 7 heteroatoms. The topological polar surface area (TPSA) is 84.2 Å². The summed E-state index contributed by atoms with van der Waals surface area (Å²) in [6.45, 7) is 0.508. The van der Waals surface area contributed by atoms with Crippen molar-refractivity contribution < 1.29 is 13.5 Å². The van der Waals surface area contributed by atoms with Gasteiger partial charge in [-0.3, -0.25) is 4.68 Å². The van der Waals surface area contributed by atoms with E-state index in [9.17, 15) is 13.5 Å². The van der Waals surface area contributed by atoms with Gasteiger partial charge in [-0.15, -0.1) is 0 Å². The molecule has 0 saturated carbocycles. The third-order valence-corrected chi connectivity index (χ3v) is 4.51. The number of aliphatic hydroxyl groups excluding tert-OH is 1. The number of aryl methyl sites for hydroxylation is 1. The van der Waals surface area contributed by atoms with Crippen LogP contribution in [0.4, 0.5) is 0 Å². The molecule has 2 atom stereocenters. The van der Waals surface area contributed by atoms with Crippen LogP contribution in [0.1, 0.15) is 5.69 Å². The molecule has 1 saturated heterocycles. The van der Waals surface area contributed by atoms with Crippen molar-refractivity contribution >= 4 is 9.84 Å². The molecule has 2 unspecified atom stereocenters. The maximum absolute atomic E-state index is 11.3. The Kier molecular flexibility index (Phi) is 3.00. The van der Waals surface area contributed by atoms with E-state index in [-0.39, 0.29) is 17.5 Å². The van der Waals surface area contributed by atoms with Crippen molar-refractivity contribution in [2.45, 2.75) is 18.7 Å². The molecule has 0 bridgehead atoms. The number of nitrogens with zero attached hydrogens (tertiary/aromatic N) is 2. The maximum Gasteiger partial charge on any atom is 0.154 e. The van der Waals surface area contributed by atoms with Crippen molar-refractivity contribution in [1.82, 2.24) is 15.1 Å². The largest absolute Gasteiger partial charge is 0.390 e. The van der Waals surface area contributed by atoms with Gasteiger partial charge < -0.3 is 10.4 Å². The quantitative estimate of drug-likeness (QED) is 0.689. The van der Waals surface area contributed by atoms with Crippen LogP contribution in [0.25, 0.3) is 0 Å². The van der Waals surface area contributed by atoms with Crippen LogP contribution < -0.4 is 5.32 Å². The zero-order valence-electron chi connectivity index (χ0n) is 9.00. The lowest BCUT2D eigenvalue weighted by molar-refractivity contribution is 0.165. The van der Waals surface area contributed by atoms with Gasteiger partial charge in [-0.2, -0.15) is 5.10 Å². The van der Waals surface area contributed by atoms with Crippen molar-refractivity contribution in [3.05, 3.63) is 18.0 Å². The first-order valence-electron chi connectivity index (χ1n) is 5.07. The fourth-order valence-electron chi connectivity index (χ4n) is 1.83. The molecule has 1 aromatic rings. The number of aliphatic hydroxyl groups is 1. The molecule has 2 rings (SSSR count). The summed E-state index contributed by atoms with van der Waals surface area (Å²) in [4.78, 5) is 0. The Morgan fingerprint density at radius 2 is 2.38 bits per heavy atom. The van der Waals surface area contributed by atoms with E-state index >= 15 is 0 Å². The van der Waals surface area contributed by atoms with Crippen LogP contribution in [0.5, 0.6) is 0 Å². The lowest BCUT2D eigenvalue weighted by Crippen LogP contribution is -2.38. The highest BCUT2D eigenvalue weighted by molar-refractivity contribution is 7.91. The van der Waals surface area contributed by atoms with Gasteiger partial charge >= 0.3 is 0 Å². The molecule has 1 fully saturated rings. The summed E-state index contributed by atoms with van der Waals surface area (Å²) < 4.78 is 24.2. The fraction of sp³-hybridized carbons (Fsp3) is 0.667. The number of sulfone groups is 1. The Morgan fingerprint density at radius 1 is 1.62 bits per heavy atom. The Morgan fingerprint density at radius 3 is 2.88 bits per heavy atom. The van der Waals surface area contributed by atoms with E-state index in [1.165, 1.54) is 0 Å². The zero-order valence-corrected chi connectivity index (χ0v) is 9.81. The molecule has 90 valence electrons. The lowest BCUT2D eigenvalue weighted by Gasteiger charge is -2.14. The smallest absolute Gasteiger partial charge is 0.154 e. The standard InChI is InChI=1S/C9H15N3O3S/c1-12-7(2-3-11-12)4-10-8-5-16(14,15)6-9(8)13/h2-3,8-10,13H,4-6H2,1H3. The molecule has 2 heterocycles. The second-order valence-corrected chi connectivity index (χ2v) is 6.23. The van der Waals surface area contributed by atoms with Crippen LogP contribution in [0, 0.1) is 0 Å². The third kappa shape index (κ3) is 2.42. The Bertz CT molecular complexity index is 468. The van der Waals surface area contributed by atoms with Crippen LogP contribution in [0.2, 0.25) is 0 Å². The van der Waals surface area contributed by atoms with E-state index in [1.54, 1.807) is 10.9 Å². The van der Waals surface area contributed by atoms with Gasteiger partial charge in [0.15, 0.2) is 9.84 Å². The second-order valence-electron chi connectivity index (χ2n) is 4.08. The van der Waals surface area contributed by atoms with Crippen LogP contribution in [0.3, 0.4) is 0 Å². The van der Waals surface area contributed by atoms with Gasteiger partial charge in [0.25, 0.3) is 0 Å². The first-order valence-corrected chi connectivity index (χ1v) is 6.89. The predicted molar refractivity (Wildman–Crippen MR) is 58.5 cm³/mol. The van der Waals surface area contributed by atoms with E-state index < -0.39 is 15.9 Å². The monoisotopic (exact) mass is 245 g/mol. The Balaban J connectivity index is 1.95. The van der Waals surface area contributed by atoms with E-state index in [2.05, 4.69) is 10.4 Å².